The fraction of sp³-hybridized carbons (Fsp3) is 1.00. The van der Waals surface area contributed by atoms with Crippen LogP contribution in [0.15, 0.2) is 0 Å². The van der Waals surface area contributed by atoms with Crippen LogP contribution in [0, 0.1) is 0 Å². The Labute approximate surface area is 102 Å². The molecule has 0 aromatic heterocycles. The van der Waals surface area contributed by atoms with Gasteiger partial charge in [-0.2, -0.15) is 0 Å². The van der Waals surface area contributed by atoms with E-state index in [1.165, 1.54) is 0 Å². The third-order valence-electron chi connectivity index (χ3n) is 2.85. The predicted octanol–water partition coefficient (Wildman–Crippen LogP) is 4.60. The first-order chi connectivity index (χ1) is 6.85. The summed E-state index contributed by atoms with van der Waals surface area (Å²) in [4.78, 5) is 0. The van der Waals surface area contributed by atoms with Gasteiger partial charge in [0.2, 0.25) is 0 Å². The van der Waals surface area contributed by atoms with E-state index in [0.29, 0.717) is 6.42 Å². The van der Waals surface area contributed by atoms with Gasteiger partial charge < -0.3 is 0 Å². The van der Waals surface area contributed by atoms with Gasteiger partial charge in [-0.15, -0.1) is 0 Å². The molecule has 0 rings (SSSR count). The molecule has 0 saturated carbocycles. The Morgan fingerprint density at radius 2 is 1.50 bits per heavy atom. The molecule has 1 nitrogen and oxygen atoms in total. The van der Waals surface area contributed by atoms with Crippen LogP contribution in [-0.4, -0.2) is 26.9 Å². The van der Waals surface area contributed by atoms with Crippen molar-refractivity contribution in [3.05, 3.63) is 0 Å². The van der Waals surface area contributed by atoms with Crippen molar-refractivity contribution in [2.45, 2.75) is 71.8 Å². The minimum Gasteiger partial charge on any atom is -0.291 e. The lowest BCUT2D eigenvalue weighted by Crippen LogP contribution is -2.67. The van der Waals surface area contributed by atoms with Gasteiger partial charge in [-0.3, -0.25) is 12.4 Å². The predicted molar refractivity (Wildman–Crippen MR) is 72.6 cm³/mol. The number of nitrogens with zero attached hydrogens (tertiary/aromatic N) is 1. The third kappa shape index (κ3) is 3.63. The highest BCUT2D eigenvalue weighted by molar-refractivity contribution is 6.86. The molecule has 98 valence electrons. The van der Waals surface area contributed by atoms with Crippen molar-refractivity contribution in [3.8, 4) is 0 Å². The minimum absolute atomic E-state index is 0.427. The Hall–Kier alpha value is 0.254. The first kappa shape index (κ1) is 16.3. The van der Waals surface area contributed by atoms with Crippen LogP contribution in [-0.2, 0) is 0 Å². The number of halogens is 2. The maximum atomic E-state index is 14.6. The number of hydrogen-bond acceptors (Lipinski definition) is 1. The van der Waals surface area contributed by atoms with E-state index in [9.17, 15) is 8.22 Å². The van der Waals surface area contributed by atoms with E-state index in [2.05, 4.69) is 0 Å². The van der Waals surface area contributed by atoms with Crippen LogP contribution < -0.4 is 0 Å². The quantitative estimate of drug-likeness (QED) is 0.531. The fourth-order valence-electron chi connectivity index (χ4n) is 2.37. The maximum Gasteiger partial charge on any atom is 0.504 e. The topological polar surface area (TPSA) is 3.24 Å². The van der Waals surface area contributed by atoms with E-state index in [1.54, 1.807) is 11.2 Å². The summed E-state index contributed by atoms with van der Waals surface area (Å²) in [6.07, 6.45) is 0.566. The average Bonchev–Trinajstić information content (AvgIpc) is 1.95. The molecule has 0 amide bonds. The molecule has 0 aromatic carbocycles. The zero-order chi connectivity index (χ0) is 13.4. The van der Waals surface area contributed by atoms with Crippen LogP contribution in [0.3, 0.4) is 0 Å². The van der Waals surface area contributed by atoms with Gasteiger partial charge in [0.15, 0.2) is 0 Å². The van der Waals surface area contributed by atoms with Crippen molar-refractivity contribution >= 4 is 17.1 Å². The maximum absolute atomic E-state index is 14.6. The SMILES string of the molecule is CCC(C)[Si](F)(F)N(C(C)(C)C)[Si](C)(C)C. The molecule has 0 radical (unpaired) electrons. The molecule has 0 aliphatic carbocycles. The van der Waals surface area contributed by atoms with Crippen molar-refractivity contribution in [1.29, 1.82) is 0 Å². The molecule has 0 bridgehead atoms. The Balaban J connectivity index is 5.37. The number of rotatable bonds is 4. The molecule has 16 heavy (non-hydrogen) atoms. The average molecular weight is 268 g/mol. The first-order valence-corrected chi connectivity index (χ1v) is 11.3. The fourth-order valence-corrected chi connectivity index (χ4v) is 10.4. The molecule has 0 N–H and O–H groups in total. The van der Waals surface area contributed by atoms with E-state index in [1.807, 2.05) is 47.3 Å². The first-order valence-electron chi connectivity index (χ1n) is 6.03. The third-order valence-corrected chi connectivity index (χ3v) is 10.6. The highest BCUT2D eigenvalue weighted by Gasteiger charge is 2.56. The standard InChI is InChI=1S/C11H27F2NSi2/c1-9-10(2)16(12,13)14(11(3,4)5)15(6,7)8/h10H,9H2,1-8H3. The lowest BCUT2D eigenvalue weighted by molar-refractivity contribution is 0.279. The molecular formula is C11H27F2NSi2. The van der Waals surface area contributed by atoms with Gasteiger partial charge >= 0.3 is 8.90 Å². The zero-order valence-electron chi connectivity index (χ0n) is 12.0. The van der Waals surface area contributed by atoms with Gasteiger partial charge in [-0.1, -0.05) is 33.5 Å². The van der Waals surface area contributed by atoms with Crippen LogP contribution in [0.1, 0.15) is 41.0 Å². The van der Waals surface area contributed by atoms with E-state index >= 15 is 0 Å². The highest BCUT2D eigenvalue weighted by Crippen LogP contribution is 2.39. The van der Waals surface area contributed by atoms with Crippen LogP contribution in [0.4, 0.5) is 8.22 Å². The Morgan fingerprint density at radius 1 is 1.12 bits per heavy atom. The molecule has 0 saturated heterocycles. The molecule has 1 atom stereocenters. The largest absolute Gasteiger partial charge is 0.504 e. The second-order valence-electron chi connectivity index (χ2n) is 6.57. The van der Waals surface area contributed by atoms with Gasteiger partial charge in [0, 0.05) is 11.1 Å². The lowest BCUT2D eigenvalue weighted by Gasteiger charge is -2.49. The normalized spacial score (nSPS) is 16.7. The van der Waals surface area contributed by atoms with Crippen molar-refractivity contribution in [1.82, 2.24) is 4.23 Å². The van der Waals surface area contributed by atoms with Crippen LogP contribution >= 0.6 is 0 Å². The molecule has 0 heterocycles. The van der Waals surface area contributed by atoms with Gasteiger partial charge in [-0.05, 0) is 27.2 Å². The molecule has 5 heteroatoms. The summed E-state index contributed by atoms with van der Waals surface area (Å²) in [5.41, 5.74) is -0.887. The second kappa shape index (κ2) is 4.86. The Bertz CT molecular complexity index is 217. The van der Waals surface area contributed by atoms with Crippen molar-refractivity contribution in [2.75, 3.05) is 0 Å². The summed E-state index contributed by atoms with van der Waals surface area (Å²) in [6.45, 7) is 15.3. The summed E-state index contributed by atoms with van der Waals surface area (Å²) in [5.74, 6) is 0. The lowest BCUT2D eigenvalue weighted by atomic mass is 10.1. The molecule has 0 fully saturated rings. The van der Waals surface area contributed by atoms with Crippen molar-refractivity contribution in [3.63, 3.8) is 0 Å². The van der Waals surface area contributed by atoms with Crippen LogP contribution in [0.5, 0.6) is 0 Å². The summed E-state index contributed by atoms with van der Waals surface area (Å²) in [7, 11) is -6.30. The van der Waals surface area contributed by atoms with Crippen molar-refractivity contribution in [2.24, 2.45) is 0 Å². The molecule has 0 aromatic rings. The second-order valence-corrected chi connectivity index (χ2v) is 14.4. The molecular weight excluding hydrogens is 240 g/mol. The summed E-state index contributed by atoms with van der Waals surface area (Å²) in [6, 6.07) is 0. The Morgan fingerprint density at radius 3 is 1.69 bits per heavy atom. The van der Waals surface area contributed by atoms with Gasteiger partial charge in [0.05, 0.1) is 0 Å². The molecule has 1 unspecified atom stereocenters. The Kier molecular flexibility index (Phi) is 4.94. The van der Waals surface area contributed by atoms with Crippen molar-refractivity contribution < 1.29 is 8.22 Å². The van der Waals surface area contributed by atoms with E-state index in [-0.39, 0.29) is 0 Å². The van der Waals surface area contributed by atoms with Gasteiger partial charge in [0.1, 0.15) is 8.24 Å². The summed E-state index contributed by atoms with van der Waals surface area (Å²) >= 11 is 0. The highest BCUT2D eigenvalue weighted by atomic mass is 28.5. The summed E-state index contributed by atoms with van der Waals surface area (Å²) in [5, 5.41) is 0. The van der Waals surface area contributed by atoms with E-state index in [0.717, 1.165) is 0 Å². The van der Waals surface area contributed by atoms with Crippen LogP contribution in [0.25, 0.3) is 0 Å². The molecule has 0 aliphatic heterocycles. The molecule has 0 aliphatic rings. The van der Waals surface area contributed by atoms with Gasteiger partial charge in [0.25, 0.3) is 0 Å². The molecule has 0 spiro atoms. The minimum atomic E-state index is -4.31. The zero-order valence-corrected chi connectivity index (χ0v) is 14.0. The smallest absolute Gasteiger partial charge is 0.291 e. The van der Waals surface area contributed by atoms with E-state index < -0.39 is 28.2 Å². The summed E-state index contributed by atoms with van der Waals surface area (Å²) < 4.78 is 30.8. The van der Waals surface area contributed by atoms with E-state index in [4.69, 9.17) is 0 Å². The number of hydrogen-bond donors (Lipinski definition) is 0. The van der Waals surface area contributed by atoms with Gasteiger partial charge in [-0.25, -0.2) is 0 Å². The monoisotopic (exact) mass is 267 g/mol. The van der Waals surface area contributed by atoms with Crippen LogP contribution in [0.2, 0.25) is 25.2 Å².